The third kappa shape index (κ3) is 59.2. The molecule has 0 radical (unpaired) electrons. The van der Waals surface area contributed by atoms with Gasteiger partial charge >= 0.3 is 17.9 Å². The normalized spacial score (nSPS) is 12.7. The van der Waals surface area contributed by atoms with Crippen molar-refractivity contribution >= 4 is 17.9 Å². The summed E-state index contributed by atoms with van der Waals surface area (Å²) in [6.07, 6.45) is 82.7. The van der Waals surface area contributed by atoms with Gasteiger partial charge in [-0.1, -0.05) is 279 Å². The van der Waals surface area contributed by atoms with E-state index < -0.39 is 6.10 Å². The zero-order chi connectivity index (χ0) is 53.6. The Morgan fingerprint density at radius 3 is 0.838 bits per heavy atom. The lowest BCUT2D eigenvalue weighted by atomic mass is 10.0. The van der Waals surface area contributed by atoms with Gasteiger partial charge in [-0.2, -0.15) is 0 Å². The fourth-order valence-corrected chi connectivity index (χ4v) is 8.72. The van der Waals surface area contributed by atoms with Crippen LogP contribution < -0.4 is 0 Å². The fourth-order valence-electron chi connectivity index (χ4n) is 8.72. The molecule has 0 amide bonds. The molecule has 1 atom stereocenters. The van der Waals surface area contributed by atoms with E-state index in [0.29, 0.717) is 19.3 Å². The van der Waals surface area contributed by atoms with Crippen molar-refractivity contribution < 1.29 is 28.6 Å². The maximum atomic E-state index is 12.9. The summed E-state index contributed by atoms with van der Waals surface area (Å²) in [5, 5.41) is 0. The maximum Gasteiger partial charge on any atom is 0.306 e. The lowest BCUT2D eigenvalue weighted by molar-refractivity contribution is -0.167. The van der Waals surface area contributed by atoms with E-state index in [9.17, 15) is 14.4 Å². The van der Waals surface area contributed by atoms with Crippen molar-refractivity contribution in [1.29, 1.82) is 0 Å². The molecule has 0 heterocycles. The van der Waals surface area contributed by atoms with E-state index in [-0.39, 0.29) is 31.1 Å². The molecule has 0 saturated carbocycles. The Hall–Kier alpha value is -3.67. The van der Waals surface area contributed by atoms with Gasteiger partial charge in [0.1, 0.15) is 13.2 Å². The van der Waals surface area contributed by atoms with E-state index in [1.807, 2.05) is 0 Å². The molecule has 0 aromatic heterocycles. The number of ether oxygens (including phenoxy) is 3. The van der Waals surface area contributed by atoms with E-state index in [4.69, 9.17) is 14.2 Å². The zero-order valence-corrected chi connectivity index (χ0v) is 48.6. The largest absolute Gasteiger partial charge is 0.462 e. The highest BCUT2D eigenvalue weighted by Gasteiger charge is 2.19. The molecule has 0 aliphatic carbocycles. The molecule has 0 aromatic rings. The van der Waals surface area contributed by atoms with Crippen LogP contribution in [0, 0.1) is 0 Å². The molecule has 0 spiro atoms. The van der Waals surface area contributed by atoms with Crippen molar-refractivity contribution in [3.8, 4) is 0 Å². The summed E-state index contributed by atoms with van der Waals surface area (Å²) >= 11 is 0. The van der Waals surface area contributed by atoms with Crippen molar-refractivity contribution in [2.24, 2.45) is 0 Å². The van der Waals surface area contributed by atoms with Crippen LogP contribution in [-0.4, -0.2) is 37.2 Å². The van der Waals surface area contributed by atoms with E-state index in [2.05, 4.69) is 118 Å². The summed E-state index contributed by atoms with van der Waals surface area (Å²) in [6, 6.07) is 0. The monoisotopic (exact) mass is 1030 g/mol. The molecule has 424 valence electrons. The Morgan fingerprint density at radius 2 is 0.527 bits per heavy atom. The Bertz CT molecular complexity index is 1460. The summed E-state index contributed by atoms with van der Waals surface area (Å²) in [6.45, 7) is 6.41. The van der Waals surface area contributed by atoms with E-state index >= 15 is 0 Å². The first-order valence-corrected chi connectivity index (χ1v) is 31.2. The second kappa shape index (κ2) is 61.9. The summed E-state index contributed by atoms with van der Waals surface area (Å²) in [5.41, 5.74) is 0. The van der Waals surface area contributed by atoms with Gasteiger partial charge in [-0.3, -0.25) is 14.4 Å². The van der Waals surface area contributed by atoms with Crippen LogP contribution in [0.5, 0.6) is 0 Å². The molecule has 0 bridgehead atoms. The van der Waals surface area contributed by atoms with Gasteiger partial charge < -0.3 is 14.2 Å². The number of rotatable bonds is 56. The Balaban J connectivity index is 4.34. The van der Waals surface area contributed by atoms with Crippen molar-refractivity contribution in [3.63, 3.8) is 0 Å². The Kier molecular flexibility index (Phi) is 58.8. The van der Waals surface area contributed by atoms with E-state index in [1.165, 1.54) is 135 Å². The number of esters is 3. The molecule has 1 unspecified atom stereocenters. The second-order valence-corrected chi connectivity index (χ2v) is 20.6. The second-order valence-electron chi connectivity index (χ2n) is 20.6. The SMILES string of the molecule is CC/C=C\C/C=C\C/C=C\C/C=C\C/C=C\CCCCCCCCCCCC(=O)OCC(COC(=O)CCCCC/C=C\C/C=C\C/C=C\CC)OC(=O)CCCCCCCCCCCCCCCCCCCC. The number of carbonyl (C=O) groups is 3. The van der Waals surface area contributed by atoms with Crippen LogP contribution in [0.25, 0.3) is 0 Å². The number of unbranched alkanes of at least 4 members (excludes halogenated alkanes) is 29. The first-order chi connectivity index (χ1) is 36.5. The van der Waals surface area contributed by atoms with Crippen molar-refractivity contribution in [3.05, 3.63) is 97.2 Å². The van der Waals surface area contributed by atoms with Crippen molar-refractivity contribution in [1.82, 2.24) is 0 Å². The number of carbonyl (C=O) groups excluding carboxylic acids is 3. The molecular formula is C68H116O6. The van der Waals surface area contributed by atoms with Crippen LogP contribution in [0.15, 0.2) is 97.2 Å². The number of hydrogen-bond acceptors (Lipinski definition) is 6. The van der Waals surface area contributed by atoms with Crippen LogP contribution in [0.2, 0.25) is 0 Å². The third-order valence-corrected chi connectivity index (χ3v) is 13.3. The Labute approximate surface area is 457 Å². The highest BCUT2D eigenvalue weighted by molar-refractivity contribution is 5.71. The van der Waals surface area contributed by atoms with Crippen LogP contribution in [0.4, 0.5) is 0 Å². The minimum atomic E-state index is -0.792. The topological polar surface area (TPSA) is 78.9 Å². The number of hydrogen-bond donors (Lipinski definition) is 0. The minimum Gasteiger partial charge on any atom is -0.462 e. The molecule has 0 N–H and O–H groups in total. The summed E-state index contributed by atoms with van der Waals surface area (Å²) < 4.78 is 16.9. The third-order valence-electron chi connectivity index (χ3n) is 13.3. The van der Waals surface area contributed by atoms with Gasteiger partial charge in [-0.15, -0.1) is 0 Å². The molecule has 6 nitrogen and oxygen atoms in total. The first kappa shape index (κ1) is 70.3. The van der Waals surface area contributed by atoms with Gasteiger partial charge in [-0.25, -0.2) is 0 Å². The first-order valence-electron chi connectivity index (χ1n) is 31.2. The highest BCUT2D eigenvalue weighted by Crippen LogP contribution is 2.16. The molecular weight excluding hydrogens is 913 g/mol. The molecule has 0 aliphatic rings. The molecule has 0 aromatic carbocycles. The molecule has 0 saturated heterocycles. The summed E-state index contributed by atoms with van der Waals surface area (Å²) in [5.74, 6) is -0.914. The van der Waals surface area contributed by atoms with Crippen LogP contribution >= 0.6 is 0 Å². The zero-order valence-electron chi connectivity index (χ0n) is 48.6. The molecule has 74 heavy (non-hydrogen) atoms. The smallest absolute Gasteiger partial charge is 0.306 e. The standard InChI is InChI=1S/C68H116O6/c1-4-7-10-13-16-19-22-25-27-29-31-32-33-34-35-36-37-39-40-43-46-49-52-55-58-61-67(70)73-64-65(63-72-66(69)60-57-54-51-48-45-42-24-21-18-15-12-9-6-3)74-68(71)62-59-56-53-50-47-44-41-38-30-28-26-23-20-17-14-11-8-5-2/h7,9-10,12,16,18-19,21,25,27,31-32,34-35,42,45,65H,4-6,8,11,13-15,17,20,22-24,26,28-30,33,36-41,43-44,46-64H2,1-3H3/b10-7-,12-9-,19-16-,21-18-,27-25-,32-31-,35-34-,45-42-. The van der Waals surface area contributed by atoms with Gasteiger partial charge in [0, 0.05) is 19.3 Å². The molecule has 0 fully saturated rings. The van der Waals surface area contributed by atoms with Gasteiger partial charge in [0.05, 0.1) is 0 Å². The average molecular weight is 1030 g/mol. The highest BCUT2D eigenvalue weighted by atomic mass is 16.6. The van der Waals surface area contributed by atoms with Gasteiger partial charge in [0.25, 0.3) is 0 Å². The number of allylic oxidation sites excluding steroid dienone is 16. The van der Waals surface area contributed by atoms with Gasteiger partial charge in [-0.05, 0) is 96.3 Å². The predicted molar refractivity (Wildman–Crippen MR) is 320 cm³/mol. The molecule has 6 heteroatoms. The van der Waals surface area contributed by atoms with Crippen molar-refractivity contribution in [2.45, 2.75) is 303 Å². The van der Waals surface area contributed by atoms with Gasteiger partial charge in [0.2, 0.25) is 0 Å². The van der Waals surface area contributed by atoms with E-state index in [1.54, 1.807) is 0 Å². The quantitative estimate of drug-likeness (QED) is 0.0261. The van der Waals surface area contributed by atoms with E-state index in [0.717, 1.165) is 122 Å². The molecule has 0 rings (SSSR count). The fraction of sp³-hybridized carbons (Fsp3) is 0.721. The van der Waals surface area contributed by atoms with Crippen molar-refractivity contribution in [2.75, 3.05) is 13.2 Å². The van der Waals surface area contributed by atoms with Crippen LogP contribution in [0.3, 0.4) is 0 Å². The van der Waals surface area contributed by atoms with Crippen LogP contribution in [-0.2, 0) is 28.6 Å². The van der Waals surface area contributed by atoms with Crippen LogP contribution in [0.1, 0.15) is 297 Å². The molecule has 0 aliphatic heterocycles. The maximum absolute atomic E-state index is 12.9. The lowest BCUT2D eigenvalue weighted by Crippen LogP contribution is -2.30. The lowest BCUT2D eigenvalue weighted by Gasteiger charge is -2.18. The minimum absolute atomic E-state index is 0.0883. The Morgan fingerprint density at radius 1 is 0.284 bits per heavy atom. The summed E-state index contributed by atoms with van der Waals surface area (Å²) in [4.78, 5) is 38.3. The predicted octanol–water partition coefficient (Wildman–Crippen LogP) is 21.3. The average Bonchev–Trinajstić information content (AvgIpc) is 3.40. The van der Waals surface area contributed by atoms with Gasteiger partial charge in [0.15, 0.2) is 6.10 Å². The summed E-state index contributed by atoms with van der Waals surface area (Å²) in [7, 11) is 0.